The monoisotopic (exact) mass is 339 g/mol. The highest BCUT2D eigenvalue weighted by atomic mass is 79.9. The molecule has 0 radical (unpaired) electrons. The molecule has 2 fully saturated rings. The highest BCUT2D eigenvalue weighted by Crippen LogP contribution is 2.40. The van der Waals surface area contributed by atoms with Gasteiger partial charge in [0.05, 0.1) is 6.61 Å². The van der Waals surface area contributed by atoms with Gasteiger partial charge >= 0.3 is 0 Å². The molecule has 2 aliphatic rings. The number of ether oxygens (including phenoxy) is 2. The molecule has 20 heavy (non-hydrogen) atoms. The molecule has 1 unspecified atom stereocenters. The van der Waals surface area contributed by atoms with Crippen LogP contribution in [-0.4, -0.2) is 38.5 Å². The highest BCUT2D eigenvalue weighted by molar-refractivity contribution is 9.10. The first-order valence-electron chi connectivity index (χ1n) is 7.33. The Morgan fingerprint density at radius 2 is 2.20 bits per heavy atom. The summed E-state index contributed by atoms with van der Waals surface area (Å²) in [6, 6.07) is 9.17. The van der Waals surface area contributed by atoms with Crippen molar-refractivity contribution in [3.8, 4) is 0 Å². The van der Waals surface area contributed by atoms with Crippen molar-refractivity contribution in [1.82, 2.24) is 5.32 Å². The van der Waals surface area contributed by atoms with E-state index >= 15 is 0 Å². The topological polar surface area (TPSA) is 30.5 Å². The fourth-order valence-corrected chi connectivity index (χ4v) is 3.74. The number of rotatable bonds is 5. The van der Waals surface area contributed by atoms with Gasteiger partial charge in [0, 0.05) is 37.2 Å². The third-order valence-corrected chi connectivity index (χ3v) is 5.42. The van der Waals surface area contributed by atoms with Gasteiger partial charge in [-0.05, 0) is 30.4 Å². The van der Waals surface area contributed by atoms with Crippen LogP contribution in [0.15, 0.2) is 28.7 Å². The van der Waals surface area contributed by atoms with E-state index in [1.165, 1.54) is 22.9 Å². The van der Waals surface area contributed by atoms with Crippen molar-refractivity contribution in [3.05, 3.63) is 34.3 Å². The number of nitrogens with one attached hydrogen (secondary N) is 1. The first-order chi connectivity index (χ1) is 9.72. The fraction of sp³-hybridized carbons (Fsp3) is 0.625. The van der Waals surface area contributed by atoms with Crippen LogP contribution in [0.5, 0.6) is 0 Å². The van der Waals surface area contributed by atoms with Gasteiger partial charge in [-0.2, -0.15) is 0 Å². The Hall–Kier alpha value is -0.420. The Morgan fingerprint density at radius 3 is 2.85 bits per heavy atom. The molecule has 1 aromatic rings. The molecule has 110 valence electrons. The fourth-order valence-electron chi connectivity index (χ4n) is 3.14. The molecule has 1 aliphatic carbocycles. The van der Waals surface area contributed by atoms with E-state index in [-0.39, 0.29) is 5.60 Å². The molecular formula is C16H22BrNO2. The van der Waals surface area contributed by atoms with Gasteiger partial charge in [-0.1, -0.05) is 34.1 Å². The molecule has 0 spiro atoms. The molecule has 3 rings (SSSR count). The molecule has 1 aliphatic heterocycles. The maximum atomic E-state index is 5.65. The van der Waals surface area contributed by atoms with Crippen LogP contribution in [-0.2, 0) is 9.47 Å². The molecule has 1 saturated heterocycles. The maximum Gasteiger partial charge on any atom is 0.106 e. The molecule has 0 amide bonds. The minimum absolute atomic E-state index is 0.0988. The summed E-state index contributed by atoms with van der Waals surface area (Å²) in [5.41, 5.74) is 1.34. The summed E-state index contributed by atoms with van der Waals surface area (Å²) in [7, 11) is 1.79. The lowest BCUT2D eigenvalue weighted by atomic mass is 9.75. The number of hydrogen-bond acceptors (Lipinski definition) is 3. The van der Waals surface area contributed by atoms with E-state index in [4.69, 9.17) is 9.47 Å². The van der Waals surface area contributed by atoms with E-state index in [9.17, 15) is 0 Å². The predicted molar refractivity (Wildman–Crippen MR) is 83.1 cm³/mol. The Kier molecular flexibility index (Phi) is 4.46. The molecule has 4 heteroatoms. The smallest absolute Gasteiger partial charge is 0.106 e. The van der Waals surface area contributed by atoms with E-state index < -0.39 is 0 Å². The zero-order valence-corrected chi connectivity index (χ0v) is 13.5. The summed E-state index contributed by atoms with van der Waals surface area (Å²) in [5, 5.41) is 3.65. The normalized spacial score (nSPS) is 33.1. The predicted octanol–water partition coefficient (Wildman–Crippen LogP) is 3.09. The van der Waals surface area contributed by atoms with Crippen LogP contribution in [0.3, 0.4) is 0 Å². The van der Waals surface area contributed by atoms with Crippen LogP contribution in [0.25, 0.3) is 0 Å². The SMILES string of the molecule is COC1(CNC2CC(c3ccccc3Br)C2)CCOC1. The maximum absolute atomic E-state index is 5.65. The van der Waals surface area contributed by atoms with Crippen LogP contribution < -0.4 is 5.32 Å². The van der Waals surface area contributed by atoms with Crippen LogP contribution in [0.4, 0.5) is 0 Å². The summed E-state index contributed by atoms with van der Waals surface area (Å²) in [5.74, 6) is 0.682. The van der Waals surface area contributed by atoms with Crippen molar-refractivity contribution in [2.45, 2.75) is 36.8 Å². The summed E-state index contributed by atoms with van der Waals surface area (Å²) in [6.07, 6.45) is 3.42. The van der Waals surface area contributed by atoms with Crippen molar-refractivity contribution >= 4 is 15.9 Å². The van der Waals surface area contributed by atoms with Crippen molar-refractivity contribution in [2.24, 2.45) is 0 Å². The second kappa shape index (κ2) is 6.14. The first-order valence-corrected chi connectivity index (χ1v) is 8.12. The summed E-state index contributed by atoms with van der Waals surface area (Å²) < 4.78 is 12.4. The Bertz CT molecular complexity index is 454. The Labute approximate surface area is 129 Å². The highest BCUT2D eigenvalue weighted by Gasteiger charge is 2.37. The number of hydrogen-bond donors (Lipinski definition) is 1. The average molecular weight is 340 g/mol. The molecule has 3 nitrogen and oxygen atoms in total. The lowest BCUT2D eigenvalue weighted by Crippen LogP contribution is -2.49. The second-order valence-electron chi connectivity index (χ2n) is 5.96. The quantitative estimate of drug-likeness (QED) is 0.894. The van der Waals surface area contributed by atoms with E-state index in [0.717, 1.165) is 26.2 Å². The Balaban J connectivity index is 1.48. The molecule has 1 aromatic carbocycles. The zero-order chi connectivity index (χ0) is 14.0. The van der Waals surface area contributed by atoms with Crippen LogP contribution in [0.1, 0.15) is 30.7 Å². The van der Waals surface area contributed by atoms with E-state index in [0.29, 0.717) is 12.0 Å². The van der Waals surface area contributed by atoms with Crippen LogP contribution in [0, 0.1) is 0 Å². The molecule has 1 saturated carbocycles. The van der Waals surface area contributed by atoms with Crippen LogP contribution in [0.2, 0.25) is 0 Å². The number of benzene rings is 1. The zero-order valence-electron chi connectivity index (χ0n) is 11.9. The molecule has 0 aromatic heterocycles. The van der Waals surface area contributed by atoms with Gasteiger partial charge in [-0.3, -0.25) is 0 Å². The molecule has 1 N–H and O–H groups in total. The first kappa shape index (κ1) is 14.5. The van der Waals surface area contributed by atoms with E-state index in [1.807, 2.05) is 0 Å². The van der Waals surface area contributed by atoms with Gasteiger partial charge in [-0.15, -0.1) is 0 Å². The van der Waals surface area contributed by atoms with E-state index in [2.05, 4.69) is 45.5 Å². The molecular weight excluding hydrogens is 318 g/mol. The van der Waals surface area contributed by atoms with Crippen molar-refractivity contribution < 1.29 is 9.47 Å². The minimum atomic E-state index is -0.0988. The van der Waals surface area contributed by atoms with Gasteiger partial charge in [0.15, 0.2) is 0 Å². The average Bonchev–Trinajstić information content (AvgIpc) is 2.88. The third-order valence-electron chi connectivity index (χ3n) is 4.70. The lowest BCUT2D eigenvalue weighted by molar-refractivity contribution is -0.0196. The molecule has 1 atom stereocenters. The van der Waals surface area contributed by atoms with Crippen molar-refractivity contribution in [1.29, 1.82) is 0 Å². The van der Waals surface area contributed by atoms with Gasteiger partial charge in [0.2, 0.25) is 0 Å². The number of halogens is 1. The molecule has 1 heterocycles. The standard InChI is InChI=1S/C16H22BrNO2/c1-19-16(6-7-20-11-16)10-18-13-8-12(9-13)14-4-2-3-5-15(14)17/h2-5,12-13,18H,6-11H2,1H3. The van der Waals surface area contributed by atoms with Gasteiger partial charge in [0.1, 0.15) is 5.60 Å². The van der Waals surface area contributed by atoms with Gasteiger partial charge < -0.3 is 14.8 Å². The third kappa shape index (κ3) is 2.93. The van der Waals surface area contributed by atoms with E-state index in [1.54, 1.807) is 7.11 Å². The second-order valence-corrected chi connectivity index (χ2v) is 6.81. The summed E-state index contributed by atoms with van der Waals surface area (Å²) >= 11 is 3.65. The molecule has 0 bridgehead atoms. The Morgan fingerprint density at radius 1 is 1.40 bits per heavy atom. The van der Waals surface area contributed by atoms with Crippen molar-refractivity contribution in [3.63, 3.8) is 0 Å². The van der Waals surface area contributed by atoms with Crippen molar-refractivity contribution in [2.75, 3.05) is 26.9 Å². The number of methoxy groups -OCH3 is 1. The lowest BCUT2D eigenvalue weighted by Gasteiger charge is -2.39. The largest absolute Gasteiger partial charge is 0.378 e. The summed E-state index contributed by atoms with van der Waals surface area (Å²) in [4.78, 5) is 0. The minimum Gasteiger partial charge on any atom is -0.378 e. The van der Waals surface area contributed by atoms with Gasteiger partial charge in [0.25, 0.3) is 0 Å². The van der Waals surface area contributed by atoms with Crippen LogP contribution >= 0.6 is 15.9 Å². The van der Waals surface area contributed by atoms with Gasteiger partial charge in [-0.25, -0.2) is 0 Å². The summed E-state index contributed by atoms with van der Waals surface area (Å²) in [6.45, 7) is 2.44.